The molecule has 0 heterocycles. The van der Waals surface area contributed by atoms with Gasteiger partial charge in [-0.3, -0.25) is 0 Å². The molecule has 0 aliphatic carbocycles. The van der Waals surface area contributed by atoms with E-state index in [9.17, 15) is 0 Å². The standard InChI is InChI=1S/C19H17NO/c1-15-9-8-14-18(20-16-10-4-2-5-11-16)19(15)21-17-12-6-3-7-13-17/h2-14,20H,1H3. The van der Waals surface area contributed by atoms with Crippen molar-refractivity contribution in [1.29, 1.82) is 0 Å². The molecule has 0 unspecified atom stereocenters. The summed E-state index contributed by atoms with van der Waals surface area (Å²) in [5, 5.41) is 3.41. The van der Waals surface area contributed by atoms with Gasteiger partial charge in [-0.2, -0.15) is 0 Å². The van der Waals surface area contributed by atoms with E-state index >= 15 is 0 Å². The molecule has 0 amide bonds. The van der Waals surface area contributed by atoms with E-state index in [4.69, 9.17) is 4.74 Å². The van der Waals surface area contributed by atoms with E-state index in [0.29, 0.717) is 0 Å². The topological polar surface area (TPSA) is 21.3 Å². The summed E-state index contributed by atoms with van der Waals surface area (Å²) in [6.45, 7) is 2.05. The Hall–Kier alpha value is -2.74. The minimum Gasteiger partial charge on any atom is -0.455 e. The maximum absolute atomic E-state index is 6.05. The van der Waals surface area contributed by atoms with Crippen molar-refractivity contribution in [3.05, 3.63) is 84.4 Å². The van der Waals surface area contributed by atoms with Gasteiger partial charge in [0.25, 0.3) is 0 Å². The van der Waals surface area contributed by atoms with Gasteiger partial charge < -0.3 is 10.1 Å². The Labute approximate surface area is 125 Å². The molecule has 0 fully saturated rings. The molecule has 0 bridgehead atoms. The molecular formula is C19H17NO. The molecule has 0 aliphatic rings. The maximum Gasteiger partial charge on any atom is 0.153 e. The van der Waals surface area contributed by atoms with Crippen molar-refractivity contribution in [3.63, 3.8) is 0 Å². The number of aryl methyl sites for hydroxylation is 1. The van der Waals surface area contributed by atoms with Gasteiger partial charge in [0.15, 0.2) is 5.75 Å². The van der Waals surface area contributed by atoms with Gasteiger partial charge in [0.05, 0.1) is 5.69 Å². The van der Waals surface area contributed by atoms with E-state index in [0.717, 1.165) is 28.4 Å². The number of anilines is 2. The zero-order valence-electron chi connectivity index (χ0n) is 11.9. The second kappa shape index (κ2) is 6.14. The highest BCUT2D eigenvalue weighted by molar-refractivity contribution is 5.68. The van der Waals surface area contributed by atoms with Crippen LogP contribution in [0.2, 0.25) is 0 Å². The minimum absolute atomic E-state index is 0.836. The van der Waals surface area contributed by atoms with Crippen LogP contribution in [-0.4, -0.2) is 0 Å². The molecule has 0 radical (unpaired) electrons. The Morgan fingerprint density at radius 1 is 0.714 bits per heavy atom. The summed E-state index contributed by atoms with van der Waals surface area (Å²) in [7, 11) is 0. The molecule has 104 valence electrons. The maximum atomic E-state index is 6.05. The third-order valence-corrected chi connectivity index (χ3v) is 3.23. The molecule has 0 spiro atoms. The second-order valence-electron chi connectivity index (χ2n) is 4.86. The molecule has 0 saturated heterocycles. The number of hydrogen-bond donors (Lipinski definition) is 1. The van der Waals surface area contributed by atoms with Crippen molar-refractivity contribution in [1.82, 2.24) is 0 Å². The Balaban J connectivity index is 1.92. The fraction of sp³-hybridized carbons (Fsp3) is 0.0526. The van der Waals surface area contributed by atoms with Crippen LogP contribution < -0.4 is 10.1 Å². The van der Waals surface area contributed by atoms with Crippen LogP contribution in [0.25, 0.3) is 0 Å². The number of hydrogen-bond acceptors (Lipinski definition) is 2. The summed E-state index contributed by atoms with van der Waals surface area (Å²) in [5.74, 6) is 1.69. The zero-order chi connectivity index (χ0) is 14.5. The van der Waals surface area contributed by atoms with E-state index < -0.39 is 0 Å². The Morgan fingerprint density at radius 3 is 2.10 bits per heavy atom. The van der Waals surface area contributed by atoms with Crippen LogP contribution in [0.15, 0.2) is 78.9 Å². The average molecular weight is 275 g/mol. The fourth-order valence-electron chi connectivity index (χ4n) is 2.17. The first-order valence-electron chi connectivity index (χ1n) is 6.97. The molecule has 3 aromatic rings. The van der Waals surface area contributed by atoms with E-state index in [1.165, 1.54) is 0 Å². The van der Waals surface area contributed by atoms with Crippen LogP contribution in [0.5, 0.6) is 11.5 Å². The lowest BCUT2D eigenvalue weighted by Gasteiger charge is -2.15. The van der Waals surface area contributed by atoms with Crippen LogP contribution in [0.1, 0.15) is 5.56 Å². The first-order chi connectivity index (χ1) is 10.3. The summed E-state index contributed by atoms with van der Waals surface area (Å²) in [6.07, 6.45) is 0. The van der Waals surface area contributed by atoms with Crippen molar-refractivity contribution in [2.45, 2.75) is 6.92 Å². The monoisotopic (exact) mass is 275 g/mol. The van der Waals surface area contributed by atoms with Crippen LogP contribution in [0.3, 0.4) is 0 Å². The van der Waals surface area contributed by atoms with Crippen molar-refractivity contribution in [2.75, 3.05) is 5.32 Å². The average Bonchev–Trinajstić information content (AvgIpc) is 2.53. The Bertz CT molecular complexity index is 708. The third-order valence-electron chi connectivity index (χ3n) is 3.23. The third kappa shape index (κ3) is 3.23. The summed E-state index contributed by atoms with van der Waals surface area (Å²) < 4.78 is 6.05. The highest BCUT2D eigenvalue weighted by atomic mass is 16.5. The number of para-hydroxylation sites is 3. The van der Waals surface area contributed by atoms with Gasteiger partial charge >= 0.3 is 0 Å². The quantitative estimate of drug-likeness (QED) is 0.675. The number of rotatable bonds is 4. The lowest BCUT2D eigenvalue weighted by atomic mass is 10.2. The van der Waals surface area contributed by atoms with Gasteiger partial charge in [-0.25, -0.2) is 0 Å². The number of ether oxygens (including phenoxy) is 1. The van der Waals surface area contributed by atoms with Gasteiger partial charge in [0, 0.05) is 5.69 Å². The van der Waals surface area contributed by atoms with Crippen molar-refractivity contribution in [2.24, 2.45) is 0 Å². The second-order valence-corrected chi connectivity index (χ2v) is 4.86. The summed E-state index contributed by atoms with van der Waals surface area (Å²) in [4.78, 5) is 0. The SMILES string of the molecule is Cc1cccc(Nc2ccccc2)c1Oc1ccccc1. The molecule has 0 aliphatic heterocycles. The van der Waals surface area contributed by atoms with Gasteiger partial charge in [-0.1, -0.05) is 48.5 Å². The molecule has 2 nitrogen and oxygen atoms in total. The molecule has 2 heteroatoms. The molecule has 3 rings (SSSR count). The highest BCUT2D eigenvalue weighted by Crippen LogP contribution is 2.34. The van der Waals surface area contributed by atoms with Crippen LogP contribution in [0, 0.1) is 6.92 Å². The molecule has 0 atom stereocenters. The number of nitrogens with one attached hydrogen (secondary N) is 1. The van der Waals surface area contributed by atoms with Crippen molar-refractivity contribution < 1.29 is 4.74 Å². The summed E-state index contributed by atoms with van der Waals surface area (Å²) >= 11 is 0. The smallest absolute Gasteiger partial charge is 0.153 e. The van der Waals surface area contributed by atoms with E-state index in [2.05, 4.69) is 18.3 Å². The van der Waals surface area contributed by atoms with Crippen molar-refractivity contribution in [3.8, 4) is 11.5 Å². The van der Waals surface area contributed by atoms with E-state index in [-0.39, 0.29) is 0 Å². The summed E-state index contributed by atoms with van der Waals surface area (Å²) in [6, 6.07) is 26.0. The first kappa shape index (κ1) is 13.3. The van der Waals surface area contributed by atoms with Gasteiger partial charge in [0.1, 0.15) is 5.75 Å². The highest BCUT2D eigenvalue weighted by Gasteiger charge is 2.08. The predicted octanol–water partition coefficient (Wildman–Crippen LogP) is 5.53. The summed E-state index contributed by atoms with van der Waals surface area (Å²) in [5.41, 5.74) is 3.10. The molecule has 21 heavy (non-hydrogen) atoms. The number of benzene rings is 3. The van der Waals surface area contributed by atoms with Crippen molar-refractivity contribution >= 4 is 11.4 Å². The van der Waals surface area contributed by atoms with Crippen LogP contribution in [0.4, 0.5) is 11.4 Å². The molecule has 0 saturated carbocycles. The Morgan fingerprint density at radius 2 is 1.38 bits per heavy atom. The molecule has 1 N–H and O–H groups in total. The zero-order valence-corrected chi connectivity index (χ0v) is 11.9. The van der Waals surface area contributed by atoms with Crippen LogP contribution >= 0.6 is 0 Å². The fourth-order valence-corrected chi connectivity index (χ4v) is 2.17. The minimum atomic E-state index is 0.836. The normalized spacial score (nSPS) is 10.1. The lowest BCUT2D eigenvalue weighted by Crippen LogP contribution is -1.96. The van der Waals surface area contributed by atoms with Crippen LogP contribution in [-0.2, 0) is 0 Å². The Kier molecular flexibility index (Phi) is 3.88. The molecular weight excluding hydrogens is 258 g/mol. The first-order valence-corrected chi connectivity index (χ1v) is 6.97. The molecule has 3 aromatic carbocycles. The lowest BCUT2D eigenvalue weighted by molar-refractivity contribution is 0.481. The van der Waals surface area contributed by atoms with Gasteiger partial charge in [-0.15, -0.1) is 0 Å². The van der Waals surface area contributed by atoms with Gasteiger partial charge in [0.2, 0.25) is 0 Å². The predicted molar refractivity (Wildman–Crippen MR) is 87.4 cm³/mol. The van der Waals surface area contributed by atoms with Gasteiger partial charge in [-0.05, 0) is 42.8 Å². The van der Waals surface area contributed by atoms with E-state index in [1.54, 1.807) is 0 Å². The van der Waals surface area contributed by atoms with E-state index in [1.807, 2.05) is 72.8 Å². The largest absolute Gasteiger partial charge is 0.455 e. The molecule has 0 aromatic heterocycles.